The minimum absolute atomic E-state index is 0.109. The number of rotatable bonds is 1. The maximum absolute atomic E-state index is 9.68. The molecule has 0 aromatic heterocycles. The molecule has 0 unspecified atom stereocenters. The van der Waals surface area contributed by atoms with Crippen LogP contribution in [0.3, 0.4) is 0 Å². The molecule has 3 heteroatoms. The average Bonchev–Trinajstić information content (AvgIpc) is 2.43. The van der Waals surface area contributed by atoms with E-state index >= 15 is 0 Å². The highest BCUT2D eigenvalue weighted by atomic mass is 79.9. The molecule has 1 aliphatic carbocycles. The van der Waals surface area contributed by atoms with Crippen LogP contribution in [0.15, 0.2) is 22.7 Å². The Morgan fingerprint density at radius 1 is 1.38 bits per heavy atom. The predicted molar refractivity (Wildman–Crippen MR) is 53.5 cm³/mol. The second-order valence-corrected chi connectivity index (χ2v) is 4.32. The van der Waals surface area contributed by atoms with Crippen molar-refractivity contribution in [2.45, 2.75) is 18.4 Å². The minimum atomic E-state index is -0.412. The van der Waals surface area contributed by atoms with Gasteiger partial charge in [-0.15, -0.1) is 0 Å². The van der Waals surface area contributed by atoms with Crippen molar-refractivity contribution in [3.63, 3.8) is 0 Å². The van der Waals surface area contributed by atoms with E-state index < -0.39 is 6.10 Å². The third-order valence-corrected chi connectivity index (χ3v) is 3.07. The quantitative estimate of drug-likeness (QED) is 0.791. The van der Waals surface area contributed by atoms with Crippen LogP contribution in [0.5, 0.6) is 0 Å². The Labute approximate surface area is 85.3 Å². The topological polar surface area (TPSA) is 40.5 Å². The summed E-state index contributed by atoms with van der Waals surface area (Å²) in [4.78, 5) is 0. The monoisotopic (exact) mass is 242 g/mol. The van der Waals surface area contributed by atoms with E-state index in [1.54, 1.807) is 0 Å². The number of aliphatic hydroxyl groups excluding tert-OH is 2. The number of halogens is 1. The molecule has 0 spiro atoms. The molecular formula is C10H11BrO2. The summed E-state index contributed by atoms with van der Waals surface area (Å²) in [7, 11) is 0. The summed E-state index contributed by atoms with van der Waals surface area (Å²) in [5.41, 5.74) is 2.03. The second-order valence-electron chi connectivity index (χ2n) is 3.40. The molecule has 1 aromatic carbocycles. The lowest BCUT2D eigenvalue weighted by atomic mass is 10.0. The molecule has 2 N–H and O–H groups in total. The fourth-order valence-electron chi connectivity index (χ4n) is 1.90. The molecule has 1 aromatic rings. The van der Waals surface area contributed by atoms with Crippen LogP contribution in [0, 0.1) is 0 Å². The lowest BCUT2D eigenvalue weighted by Crippen LogP contribution is -1.98. The Morgan fingerprint density at radius 3 is 2.85 bits per heavy atom. The zero-order valence-electron chi connectivity index (χ0n) is 7.07. The minimum Gasteiger partial charge on any atom is -0.396 e. The number of hydrogen-bond donors (Lipinski definition) is 2. The van der Waals surface area contributed by atoms with Crippen molar-refractivity contribution in [1.82, 2.24) is 0 Å². The van der Waals surface area contributed by atoms with Gasteiger partial charge >= 0.3 is 0 Å². The molecule has 0 amide bonds. The SMILES string of the molecule is OC[C@H]1C[C@H](O)c2cc(Br)ccc21. The van der Waals surface area contributed by atoms with Crippen molar-refractivity contribution in [3.8, 4) is 0 Å². The lowest BCUT2D eigenvalue weighted by molar-refractivity contribution is 0.158. The Balaban J connectivity index is 2.46. The standard InChI is InChI=1S/C10H11BrO2/c11-7-1-2-8-6(5-12)3-10(13)9(8)4-7/h1-2,4,6,10,12-13H,3,5H2/t6-,10+/m1/s1. The molecule has 0 radical (unpaired) electrons. The van der Waals surface area contributed by atoms with Crippen molar-refractivity contribution in [2.75, 3.05) is 6.61 Å². The van der Waals surface area contributed by atoms with Gasteiger partial charge in [-0.05, 0) is 29.7 Å². The van der Waals surface area contributed by atoms with Gasteiger partial charge in [-0.3, -0.25) is 0 Å². The first-order valence-corrected chi connectivity index (χ1v) is 5.10. The van der Waals surface area contributed by atoms with E-state index in [2.05, 4.69) is 15.9 Å². The molecule has 13 heavy (non-hydrogen) atoms. The van der Waals surface area contributed by atoms with Crippen LogP contribution in [0.1, 0.15) is 29.6 Å². The second kappa shape index (κ2) is 3.40. The highest BCUT2D eigenvalue weighted by Crippen LogP contribution is 2.40. The van der Waals surface area contributed by atoms with E-state index in [1.165, 1.54) is 0 Å². The maximum atomic E-state index is 9.68. The number of fused-ring (bicyclic) bond motifs is 1. The van der Waals surface area contributed by atoms with Gasteiger partial charge in [0.2, 0.25) is 0 Å². The van der Waals surface area contributed by atoms with Crippen molar-refractivity contribution in [3.05, 3.63) is 33.8 Å². The van der Waals surface area contributed by atoms with Gasteiger partial charge in [0.25, 0.3) is 0 Å². The largest absolute Gasteiger partial charge is 0.396 e. The van der Waals surface area contributed by atoms with Crippen LogP contribution in [-0.2, 0) is 0 Å². The Bertz CT molecular complexity index is 325. The molecule has 0 aliphatic heterocycles. The Kier molecular flexibility index (Phi) is 2.41. The molecule has 0 saturated heterocycles. The molecule has 1 aliphatic rings. The van der Waals surface area contributed by atoms with E-state index in [0.29, 0.717) is 6.42 Å². The van der Waals surface area contributed by atoms with Crippen LogP contribution >= 0.6 is 15.9 Å². The first-order valence-electron chi connectivity index (χ1n) is 4.30. The third-order valence-electron chi connectivity index (χ3n) is 2.58. The molecule has 0 fully saturated rings. The van der Waals surface area contributed by atoms with Gasteiger partial charge in [0.1, 0.15) is 0 Å². The maximum Gasteiger partial charge on any atom is 0.0799 e. The molecular weight excluding hydrogens is 232 g/mol. The zero-order valence-corrected chi connectivity index (χ0v) is 8.66. The first-order chi connectivity index (χ1) is 6.22. The number of hydrogen-bond acceptors (Lipinski definition) is 2. The van der Waals surface area contributed by atoms with Crippen molar-refractivity contribution >= 4 is 15.9 Å². The van der Waals surface area contributed by atoms with E-state index in [-0.39, 0.29) is 12.5 Å². The molecule has 2 nitrogen and oxygen atoms in total. The van der Waals surface area contributed by atoms with Crippen molar-refractivity contribution in [2.24, 2.45) is 0 Å². The molecule has 0 bridgehead atoms. The summed E-state index contributed by atoms with van der Waals surface area (Å²) < 4.78 is 0.976. The first kappa shape index (κ1) is 9.19. The highest BCUT2D eigenvalue weighted by molar-refractivity contribution is 9.10. The van der Waals surface area contributed by atoms with E-state index in [0.717, 1.165) is 15.6 Å². The van der Waals surface area contributed by atoms with Gasteiger partial charge in [-0.25, -0.2) is 0 Å². The van der Waals surface area contributed by atoms with Gasteiger partial charge in [-0.2, -0.15) is 0 Å². The predicted octanol–water partition coefficient (Wildman–Crippen LogP) is 1.96. The fraction of sp³-hybridized carbons (Fsp3) is 0.400. The van der Waals surface area contributed by atoms with Gasteiger partial charge in [-0.1, -0.05) is 22.0 Å². The number of benzene rings is 1. The molecule has 0 saturated carbocycles. The summed E-state index contributed by atoms with van der Waals surface area (Å²) in [5.74, 6) is 0.109. The normalized spacial score (nSPS) is 26.1. The summed E-state index contributed by atoms with van der Waals surface area (Å²) in [5, 5.41) is 18.8. The van der Waals surface area contributed by atoms with E-state index in [4.69, 9.17) is 5.11 Å². The highest BCUT2D eigenvalue weighted by Gasteiger charge is 2.28. The van der Waals surface area contributed by atoms with E-state index in [1.807, 2.05) is 18.2 Å². The van der Waals surface area contributed by atoms with Gasteiger partial charge in [0.05, 0.1) is 12.7 Å². The average molecular weight is 243 g/mol. The van der Waals surface area contributed by atoms with Crippen LogP contribution in [0.2, 0.25) is 0 Å². The van der Waals surface area contributed by atoms with Crippen molar-refractivity contribution < 1.29 is 10.2 Å². The molecule has 70 valence electrons. The Morgan fingerprint density at radius 2 is 2.15 bits per heavy atom. The summed E-state index contributed by atoms with van der Waals surface area (Å²) in [6, 6.07) is 5.84. The third kappa shape index (κ3) is 1.52. The van der Waals surface area contributed by atoms with E-state index in [9.17, 15) is 5.11 Å². The number of aliphatic hydroxyl groups is 2. The lowest BCUT2D eigenvalue weighted by Gasteiger charge is -2.06. The van der Waals surface area contributed by atoms with Crippen LogP contribution < -0.4 is 0 Å². The summed E-state index contributed by atoms with van der Waals surface area (Å²) >= 11 is 3.36. The Hall–Kier alpha value is -0.380. The summed E-state index contributed by atoms with van der Waals surface area (Å²) in [6.45, 7) is 0.117. The zero-order chi connectivity index (χ0) is 9.42. The van der Waals surface area contributed by atoms with Crippen molar-refractivity contribution in [1.29, 1.82) is 0 Å². The summed E-state index contributed by atoms with van der Waals surface area (Å²) in [6.07, 6.45) is 0.229. The molecule has 2 rings (SSSR count). The van der Waals surface area contributed by atoms with Gasteiger partial charge in [0.15, 0.2) is 0 Å². The van der Waals surface area contributed by atoms with Gasteiger partial charge < -0.3 is 10.2 Å². The molecule has 2 atom stereocenters. The van der Waals surface area contributed by atoms with Crippen LogP contribution in [0.4, 0.5) is 0 Å². The smallest absolute Gasteiger partial charge is 0.0799 e. The fourth-order valence-corrected chi connectivity index (χ4v) is 2.28. The van der Waals surface area contributed by atoms with Gasteiger partial charge in [0, 0.05) is 10.4 Å². The van der Waals surface area contributed by atoms with Crippen LogP contribution in [0.25, 0.3) is 0 Å². The van der Waals surface area contributed by atoms with Crippen LogP contribution in [-0.4, -0.2) is 16.8 Å². The molecule has 0 heterocycles.